The standard InChI is InChI=1S/C12H15BrN2O2S3/c1-8-6-19-11(5-14-2)12(8)20(16,17)15-4-10-3-9(13)7-18-10/h3,6-7,14-15H,4-5H2,1-2H3. The molecule has 0 radical (unpaired) electrons. The highest BCUT2D eigenvalue weighted by Gasteiger charge is 2.22. The second-order valence-electron chi connectivity index (χ2n) is 4.26. The Morgan fingerprint density at radius 1 is 1.25 bits per heavy atom. The van der Waals surface area contributed by atoms with Crippen molar-refractivity contribution in [2.45, 2.75) is 24.9 Å². The molecule has 2 heterocycles. The topological polar surface area (TPSA) is 58.2 Å². The average molecular weight is 395 g/mol. The van der Waals surface area contributed by atoms with Crippen LogP contribution in [0.2, 0.25) is 0 Å². The van der Waals surface area contributed by atoms with Crippen LogP contribution in [0, 0.1) is 6.92 Å². The molecule has 0 amide bonds. The predicted molar refractivity (Wildman–Crippen MR) is 87.9 cm³/mol. The second-order valence-corrected chi connectivity index (χ2v) is 8.84. The van der Waals surface area contributed by atoms with Gasteiger partial charge in [0.05, 0.1) is 0 Å². The van der Waals surface area contributed by atoms with Gasteiger partial charge >= 0.3 is 0 Å². The van der Waals surface area contributed by atoms with Crippen LogP contribution in [0.15, 0.2) is 26.2 Å². The highest BCUT2D eigenvalue weighted by Crippen LogP contribution is 2.27. The number of aryl methyl sites for hydroxylation is 1. The van der Waals surface area contributed by atoms with Gasteiger partial charge in [0.2, 0.25) is 10.0 Å². The molecule has 110 valence electrons. The fourth-order valence-corrected chi connectivity index (χ4v) is 6.12. The van der Waals surface area contributed by atoms with Gasteiger partial charge in [0.1, 0.15) is 4.90 Å². The van der Waals surface area contributed by atoms with Crippen LogP contribution in [0.4, 0.5) is 0 Å². The van der Waals surface area contributed by atoms with Gasteiger partial charge in [0, 0.05) is 32.7 Å². The van der Waals surface area contributed by atoms with Crippen LogP contribution in [0.5, 0.6) is 0 Å². The van der Waals surface area contributed by atoms with Crippen molar-refractivity contribution in [2.24, 2.45) is 0 Å². The molecular weight excluding hydrogens is 380 g/mol. The van der Waals surface area contributed by atoms with E-state index in [4.69, 9.17) is 0 Å². The summed E-state index contributed by atoms with van der Waals surface area (Å²) >= 11 is 6.35. The molecule has 20 heavy (non-hydrogen) atoms. The quantitative estimate of drug-likeness (QED) is 0.791. The van der Waals surface area contributed by atoms with Crippen LogP contribution in [0.25, 0.3) is 0 Å². The molecule has 0 aliphatic rings. The van der Waals surface area contributed by atoms with E-state index in [9.17, 15) is 8.42 Å². The molecule has 0 atom stereocenters. The minimum absolute atomic E-state index is 0.312. The van der Waals surface area contributed by atoms with Crippen molar-refractivity contribution >= 4 is 48.6 Å². The van der Waals surface area contributed by atoms with E-state index in [2.05, 4.69) is 26.0 Å². The highest BCUT2D eigenvalue weighted by molar-refractivity contribution is 9.10. The van der Waals surface area contributed by atoms with E-state index in [0.717, 1.165) is 19.8 Å². The van der Waals surface area contributed by atoms with Crippen molar-refractivity contribution in [2.75, 3.05) is 7.05 Å². The van der Waals surface area contributed by atoms with E-state index in [-0.39, 0.29) is 0 Å². The summed E-state index contributed by atoms with van der Waals surface area (Å²) in [6.45, 7) is 2.69. The molecule has 2 N–H and O–H groups in total. The predicted octanol–water partition coefficient (Wildman–Crippen LogP) is 3.08. The average Bonchev–Trinajstić information content (AvgIpc) is 2.95. The number of nitrogens with one attached hydrogen (secondary N) is 2. The normalized spacial score (nSPS) is 11.9. The van der Waals surface area contributed by atoms with Gasteiger partial charge in [-0.15, -0.1) is 22.7 Å². The Balaban J connectivity index is 2.20. The molecule has 0 aliphatic carbocycles. The number of rotatable bonds is 6. The lowest BCUT2D eigenvalue weighted by atomic mass is 10.3. The summed E-state index contributed by atoms with van der Waals surface area (Å²) in [5, 5.41) is 6.82. The van der Waals surface area contributed by atoms with Gasteiger partial charge in [-0.1, -0.05) is 0 Å². The van der Waals surface area contributed by atoms with E-state index >= 15 is 0 Å². The second kappa shape index (κ2) is 6.67. The monoisotopic (exact) mass is 394 g/mol. The lowest BCUT2D eigenvalue weighted by Crippen LogP contribution is -2.24. The summed E-state index contributed by atoms with van der Waals surface area (Å²) in [7, 11) is -1.67. The largest absolute Gasteiger partial charge is 0.315 e. The van der Waals surface area contributed by atoms with Crippen molar-refractivity contribution in [1.82, 2.24) is 10.0 Å². The Bertz CT molecular complexity index is 691. The molecule has 8 heteroatoms. The van der Waals surface area contributed by atoms with E-state index in [1.807, 2.05) is 30.8 Å². The number of thiophene rings is 2. The minimum Gasteiger partial charge on any atom is -0.315 e. The first kappa shape index (κ1) is 16.1. The van der Waals surface area contributed by atoms with Crippen LogP contribution in [-0.4, -0.2) is 15.5 Å². The lowest BCUT2D eigenvalue weighted by Gasteiger charge is -2.08. The first-order chi connectivity index (χ1) is 9.44. The molecule has 0 spiro atoms. The first-order valence-corrected chi connectivity index (χ1v) is 9.91. The Hall–Kier alpha value is -0.250. The maximum atomic E-state index is 12.5. The maximum Gasteiger partial charge on any atom is 0.242 e. The molecule has 2 aromatic heterocycles. The summed E-state index contributed by atoms with van der Waals surface area (Å²) in [5.74, 6) is 0. The zero-order valence-electron chi connectivity index (χ0n) is 11.1. The van der Waals surface area contributed by atoms with Crippen LogP contribution in [0.1, 0.15) is 15.3 Å². The zero-order valence-corrected chi connectivity index (χ0v) is 15.1. The molecule has 0 bridgehead atoms. The van der Waals surface area contributed by atoms with E-state index in [1.54, 1.807) is 0 Å². The molecule has 0 fully saturated rings. The SMILES string of the molecule is CNCc1scc(C)c1S(=O)(=O)NCc1cc(Br)cs1. The molecular formula is C12H15BrN2O2S3. The van der Waals surface area contributed by atoms with Crippen molar-refractivity contribution in [1.29, 1.82) is 0 Å². The molecule has 0 aromatic carbocycles. The first-order valence-electron chi connectivity index (χ1n) is 5.88. The Labute approximate surface area is 135 Å². The summed E-state index contributed by atoms with van der Waals surface area (Å²) < 4.78 is 28.5. The van der Waals surface area contributed by atoms with Gasteiger partial charge in [-0.3, -0.25) is 0 Å². The van der Waals surface area contributed by atoms with Gasteiger partial charge in [-0.2, -0.15) is 0 Å². The van der Waals surface area contributed by atoms with E-state index in [0.29, 0.717) is 18.0 Å². The van der Waals surface area contributed by atoms with Crippen molar-refractivity contribution < 1.29 is 8.42 Å². The molecule has 0 saturated carbocycles. The van der Waals surface area contributed by atoms with E-state index in [1.165, 1.54) is 22.7 Å². The third kappa shape index (κ3) is 3.69. The molecule has 2 aromatic rings. The van der Waals surface area contributed by atoms with Gasteiger partial charge in [0.15, 0.2) is 0 Å². The number of sulfonamides is 1. The van der Waals surface area contributed by atoms with Gasteiger partial charge < -0.3 is 5.32 Å². The van der Waals surface area contributed by atoms with Crippen LogP contribution in [-0.2, 0) is 23.1 Å². The molecule has 2 rings (SSSR count). The van der Waals surface area contributed by atoms with Crippen LogP contribution in [0.3, 0.4) is 0 Å². The fourth-order valence-electron chi connectivity index (χ4n) is 1.82. The minimum atomic E-state index is -3.48. The van der Waals surface area contributed by atoms with Gasteiger partial charge in [-0.25, -0.2) is 13.1 Å². The molecule has 0 saturated heterocycles. The smallest absolute Gasteiger partial charge is 0.242 e. The molecule has 4 nitrogen and oxygen atoms in total. The summed E-state index contributed by atoms with van der Waals surface area (Å²) in [5.41, 5.74) is 0.792. The van der Waals surface area contributed by atoms with Crippen LogP contribution < -0.4 is 10.0 Å². The Morgan fingerprint density at radius 3 is 2.60 bits per heavy atom. The van der Waals surface area contributed by atoms with Gasteiger partial charge in [-0.05, 0) is 46.9 Å². The lowest BCUT2D eigenvalue weighted by molar-refractivity contribution is 0.580. The fraction of sp³-hybridized carbons (Fsp3) is 0.333. The third-order valence-electron chi connectivity index (χ3n) is 2.65. The van der Waals surface area contributed by atoms with Gasteiger partial charge in [0.25, 0.3) is 0 Å². The number of halogens is 1. The zero-order chi connectivity index (χ0) is 14.8. The highest BCUT2D eigenvalue weighted by atomic mass is 79.9. The van der Waals surface area contributed by atoms with Crippen molar-refractivity contribution in [3.8, 4) is 0 Å². The third-order valence-corrected chi connectivity index (χ3v) is 7.22. The maximum absolute atomic E-state index is 12.5. The summed E-state index contributed by atoms with van der Waals surface area (Å²) in [6, 6.07) is 1.92. The molecule has 0 aliphatic heterocycles. The Kier molecular flexibility index (Phi) is 5.38. The summed E-state index contributed by atoms with van der Waals surface area (Å²) in [4.78, 5) is 2.22. The van der Waals surface area contributed by atoms with Crippen molar-refractivity contribution in [3.63, 3.8) is 0 Å². The van der Waals surface area contributed by atoms with Crippen molar-refractivity contribution in [3.05, 3.63) is 36.6 Å². The Morgan fingerprint density at radius 2 is 2.00 bits per heavy atom. The summed E-state index contributed by atoms with van der Waals surface area (Å²) in [6.07, 6.45) is 0. The number of hydrogen-bond donors (Lipinski definition) is 2. The number of hydrogen-bond acceptors (Lipinski definition) is 5. The molecule has 0 unspecified atom stereocenters. The van der Waals surface area contributed by atoms with Crippen LogP contribution >= 0.6 is 38.6 Å². The van der Waals surface area contributed by atoms with E-state index < -0.39 is 10.0 Å².